The highest BCUT2D eigenvalue weighted by molar-refractivity contribution is 6.24. The van der Waals surface area contributed by atoms with Crippen LogP contribution in [-0.2, 0) is 9.59 Å². The van der Waals surface area contributed by atoms with Gasteiger partial charge in [-0.1, -0.05) is 36.4 Å². The highest BCUT2D eigenvalue weighted by Crippen LogP contribution is 2.40. The first kappa shape index (κ1) is 42.5. The fourth-order valence-electron chi connectivity index (χ4n) is 10.2. The fourth-order valence-corrected chi connectivity index (χ4v) is 10.4. The molecule has 14 heteroatoms. The second-order valence-corrected chi connectivity index (χ2v) is 17.7. The largest absolute Gasteiger partial charge is 0.508 e. The minimum absolute atomic E-state index is 0.0226. The maximum absolute atomic E-state index is 15.8. The summed E-state index contributed by atoms with van der Waals surface area (Å²) < 4.78 is 22.0. The Labute approximate surface area is 370 Å². The number of carbonyl (C=O) groups excluding carboxylic acids is 4. The van der Waals surface area contributed by atoms with Gasteiger partial charge in [0, 0.05) is 50.6 Å². The van der Waals surface area contributed by atoms with Gasteiger partial charge in [-0.25, -0.2) is 4.39 Å². The number of halogens is 2. The monoisotopic (exact) mass is 875 g/mol. The third-order valence-corrected chi connectivity index (χ3v) is 13.7. The van der Waals surface area contributed by atoms with Crippen LogP contribution in [-0.4, -0.2) is 118 Å². The lowest BCUT2D eigenvalue weighted by atomic mass is 9.87. The van der Waals surface area contributed by atoms with Crippen LogP contribution in [0.15, 0.2) is 84.9 Å². The Hall–Kier alpha value is -5.76. The molecule has 5 fully saturated rings. The number of hydrogen-bond acceptors (Lipinski definition) is 10. The summed E-state index contributed by atoms with van der Waals surface area (Å²) in [6.07, 6.45) is 4.79. The fraction of sp³-hybridized carbons (Fsp3) is 0.388. The van der Waals surface area contributed by atoms with Gasteiger partial charge in [0.1, 0.15) is 35.7 Å². The van der Waals surface area contributed by atoms with Crippen LogP contribution >= 0.6 is 11.6 Å². The molecule has 0 aromatic heterocycles. The zero-order valence-corrected chi connectivity index (χ0v) is 35.7. The number of fused-ring (bicyclic) bond motifs is 4. The summed E-state index contributed by atoms with van der Waals surface area (Å²) in [5.74, 6) is -0.880. The Morgan fingerprint density at radius 1 is 0.762 bits per heavy atom. The lowest BCUT2D eigenvalue weighted by Crippen LogP contribution is -2.63. The van der Waals surface area contributed by atoms with Crippen molar-refractivity contribution in [2.45, 2.75) is 63.1 Å². The van der Waals surface area contributed by atoms with E-state index in [1.807, 2.05) is 36.4 Å². The minimum Gasteiger partial charge on any atom is -0.508 e. The van der Waals surface area contributed by atoms with E-state index in [1.165, 1.54) is 6.07 Å². The molecule has 4 aromatic rings. The molecule has 6 aliphatic heterocycles. The van der Waals surface area contributed by atoms with Crippen molar-refractivity contribution in [2.24, 2.45) is 5.92 Å². The molecule has 6 heterocycles. The summed E-state index contributed by atoms with van der Waals surface area (Å²) in [6, 6.07) is 24.2. The van der Waals surface area contributed by atoms with Crippen molar-refractivity contribution >= 4 is 52.1 Å². The first-order chi connectivity index (χ1) is 30.5. The highest BCUT2D eigenvalue weighted by atomic mass is 35.5. The number of ether oxygens (including phenoxy) is 1. The standard InChI is InChI=1S/C49H51ClFN5O7/c50-20-17-39(31-1-9-36(57)10-2-31)46(32-3-11-37(58)12-4-32)33-5-13-38(14-6-33)63-24-23-53-21-18-30(19-22-53)27-54-28-35-8-7-34(54)29-55(35)44-26-41-40(25-42(44)51)48(61)56(49(41)62)43-15-16-45(59)52-47(43)60/h1-6,9-14,25-26,30,34-35,43,57-58H,7-8,15-24,27-29H2,(H,52,59,60). The molecule has 6 aliphatic rings. The number of piperidine rings is 4. The van der Waals surface area contributed by atoms with Gasteiger partial charge in [0.15, 0.2) is 0 Å². The maximum Gasteiger partial charge on any atom is 0.262 e. The van der Waals surface area contributed by atoms with Gasteiger partial charge >= 0.3 is 0 Å². The number of benzene rings is 4. The molecular formula is C49H51ClFN5O7. The Morgan fingerprint density at radius 2 is 1.38 bits per heavy atom. The molecule has 4 aromatic carbocycles. The summed E-state index contributed by atoms with van der Waals surface area (Å²) in [7, 11) is 0. The molecular weight excluding hydrogens is 825 g/mol. The quantitative estimate of drug-likeness (QED) is 0.0758. The first-order valence-corrected chi connectivity index (χ1v) is 22.5. The molecule has 12 nitrogen and oxygen atoms in total. The average molecular weight is 876 g/mol. The summed E-state index contributed by atoms with van der Waals surface area (Å²) in [4.78, 5) is 58.9. The van der Waals surface area contributed by atoms with E-state index in [-0.39, 0.29) is 47.6 Å². The molecule has 2 bridgehead atoms. The summed E-state index contributed by atoms with van der Waals surface area (Å²) in [5, 5.41) is 22.1. The van der Waals surface area contributed by atoms with Gasteiger partial charge in [0.25, 0.3) is 11.8 Å². The molecule has 3 N–H and O–H groups in total. The van der Waals surface area contributed by atoms with Crippen LogP contribution in [0.2, 0.25) is 0 Å². The van der Waals surface area contributed by atoms with Crippen molar-refractivity contribution in [1.29, 1.82) is 0 Å². The minimum atomic E-state index is -1.10. The molecule has 0 radical (unpaired) electrons. The zero-order valence-electron chi connectivity index (χ0n) is 35.0. The number of phenols is 2. The van der Waals surface area contributed by atoms with Crippen LogP contribution in [0.1, 0.15) is 82.4 Å². The highest BCUT2D eigenvalue weighted by Gasteiger charge is 2.47. The van der Waals surface area contributed by atoms with Gasteiger partial charge in [-0.2, -0.15) is 0 Å². The molecule has 0 saturated carbocycles. The Balaban J connectivity index is 0.771. The van der Waals surface area contributed by atoms with Crippen LogP contribution in [0.5, 0.6) is 17.2 Å². The van der Waals surface area contributed by atoms with Gasteiger partial charge in [-0.3, -0.25) is 39.2 Å². The molecule has 328 valence electrons. The van der Waals surface area contributed by atoms with E-state index in [9.17, 15) is 29.4 Å². The number of likely N-dealkylation sites (tertiary alicyclic amines) is 1. The van der Waals surface area contributed by atoms with Crippen molar-refractivity contribution in [3.05, 3.63) is 119 Å². The van der Waals surface area contributed by atoms with E-state index < -0.39 is 35.5 Å². The predicted octanol–water partition coefficient (Wildman–Crippen LogP) is 6.67. The van der Waals surface area contributed by atoms with Gasteiger partial charge in [-0.15, -0.1) is 11.6 Å². The number of hydrogen-bond donors (Lipinski definition) is 3. The third-order valence-electron chi connectivity index (χ3n) is 13.5. The van der Waals surface area contributed by atoms with Crippen LogP contribution in [0.4, 0.5) is 10.1 Å². The van der Waals surface area contributed by atoms with E-state index in [4.69, 9.17) is 16.3 Å². The smallest absolute Gasteiger partial charge is 0.262 e. The van der Waals surface area contributed by atoms with Crippen LogP contribution in [0, 0.1) is 11.7 Å². The van der Waals surface area contributed by atoms with E-state index in [0.717, 1.165) is 103 Å². The van der Waals surface area contributed by atoms with Crippen molar-refractivity contribution < 1.29 is 38.5 Å². The number of nitrogens with zero attached hydrogens (tertiary/aromatic N) is 4. The number of allylic oxidation sites excluding steroid dienone is 1. The molecule has 5 saturated heterocycles. The first-order valence-electron chi connectivity index (χ1n) is 21.9. The van der Waals surface area contributed by atoms with Crippen molar-refractivity contribution in [1.82, 2.24) is 20.0 Å². The molecule has 3 atom stereocenters. The summed E-state index contributed by atoms with van der Waals surface area (Å²) in [6.45, 7) is 5.81. The van der Waals surface area contributed by atoms with Gasteiger partial charge in [-0.05, 0) is 134 Å². The zero-order chi connectivity index (χ0) is 43.8. The number of anilines is 1. The van der Waals surface area contributed by atoms with Gasteiger partial charge in [0.2, 0.25) is 11.8 Å². The van der Waals surface area contributed by atoms with Crippen LogP contribution in [0.3, 0.4) is 0 Å². The third kappa shape index (κ3) is 8.78. The number of aromatic hydroxyl groups is 2. The molecule has 4 amide bonds. The number of nitrogens with one attached hydrogen (secondary N) is 1. The van der Waals surface area contributed by atoms with E-state index in [0.29, 0.717) is 37.1 Å². The average Bonchev–Trinajstić information content (AvgIpc) is 3.52. The molecule has 10 rings (SSSR count). The number of amides is 4. The van der Waals surface area contributed by atoms with Gasteiger partial charge < -0.3 is 19.8 Å². The van der Waals surface area contributed by atoms with Crippen molar-refractivity contribution in [3.63, 3.8) is 0 Å². The number of phenolic OH excluding ortho intramolecular Hbond substituents is 2. The number of piperazine rings is 1. The molecule has 63 heavy (non-hydrogen) atoms. The van der Waals surface area contributed by atoms with Crippen LogP contribution < -0.4 is 15.0 Å². The topological polar surface area (TPSA) is 143 Å². The molecule has 0 aliphatic carbocycles. The Morgan fingerprint density at radius 3 is 2.00 bits per heavy atom. The van der Waals surface area contributed by atoms with E-state index >= 15 is 4.39 Å². The molecule has 0 spiro atoms. The van der Waals surface area contributed by atoms with Crippen molar-refractivity contribution in [2.75, 3.05) is 56.7 Å². The SMILES string of the molecule is O=C1CCC(N2C(=O)c3cc(F)c(N4CC5CCC4CN5CC4CCN(CCOc5ccc(C(=C(CCCl)c6ccc(O)cc6)c6ccc(O)cc6)cc5)CC4)cc3C2=O)C(=O)N1. The lowest BCUT2D eigenvalue weighted by Gasteiger charge is -2.53. The normalized spacial score (nSPS) is 22.3. The Bertz CT molecular complexity index is 2420. The van der Waals surface area contributed by atoms with E-state index in [2.05, 4.69) is 32.1 Å². The van der Waals surface area contributed by atoms with Crippen LogP contribution in [0.25, 0.3) is 11.1 Å². The Kier molecular flexibility index (Phi) is 12.3. The second-order valence-electron chi connectivity index (χ2n) is 17.3. The van der Waals surface area contributed by atoms with Crippen molar-refractivity contribution in [3.8, 4) is 17.2 Å². The number of imide groups is 2. The summed E-state index contributed by atoms with van der Waals surface area (Å²) in [5.41, 5.74) is 5.30. The molecule has 3 unspecified atom stereocenters. The lowest BCUT2D eigenvalue weighted by molar-refractivity contribution is -0.136. The summed E-state index contributed by atoms with van der Waals surface area (Å²) >= 11 is 6.32. The predicted molar refractivity (Wildman–Crippen MR) is 237 cm³/mol. The second kappa shape index (κ2) is 18.1. The van der Waals surface area contributed by atoms with E-state index in [1.54, 1.807) is 24.3 Å². The van der Waals surface area contributed by atoms with Gasteiger partial charge in [0.05, 0.1) is 16.8 Å². The number of rotatable bonds is 13. The maximum atomic E-state index is 15.8. The number of carbonyl (C=O) groups is 4. The number of alkyl halides is 1.